The van der Waals surface area contributed by atoms with Crippen molar-refractivity contribution in [3.05, 3.63) is 42.2 Å². The van der Waals surface area contributed by atoms with Gasteiger partial charge < -0.3 is 0 Å². The lowest BCUT2D eigenvalue weighted by Gasteiger charge is -2.01. The van der Waals surface area contributed by atoms with Gasteiger partial charge in [0.05, 0.1) is 5.56 Å². The van der Waals surface area contributed by atoms with E-state index in [1.165, 1.54) is 0 Å². The third-order valence-electron chi connectivity index (χ3n) is 1.77. The van der Waals surface area contributed by atoms with Gasteiger partial charge >= 0.3 is 0 Å². The summed E-state index contributed by atoms with van der Waals surface area (Å²) in [4.78, 5) is 10.8. The Kier molecular flexibility index (Phi) is 2.32. The normalized spacial score (nSPS) is 10.3. The summed E-state index contributed by atoms with van der Waals surface area (Å²) in [7, 11) is 0. The Morgan fingerprint density at radius 1 is 0.867 bits per heavy atom. The third kappa shape index (κ3) is 1.65. The van der Waals surface area contributed by atoms with E-state index in [9.17, 15) is 13.2 Å². The molecule has 1 aromatic heterocycles. The van der Waals surface area contributed by atoms with Crippen LogP contribution in [0.2, 0.25) is 0 Å². The van der Waals surface area contributed by atoms with Crippen LogP contribution < -0.4 is 0 Å². The summed E-state index contributed by atoms with van der Waals surface area (Å²) in [6, 6.07) is 1.89. The average molecular weight is 211 g/mol. The van der Waals surface area contributed by atoms with E-state index < -0.39 is 17.5 Å². The van der Waals surface area contributed by atoms with Crippen molar-refractivity contribution in [2.24, 2.45) is 0 Å². The van der Waals surface area contributed by atoms with Crippen molar-refractivity contribution < 1.29 is 13.2 Å². The third-order valence-corrected chi connectivity index (χ3v) is 1.77. The molecule has 0 saturated carbocycles. The predicted molar refractivity (Wildman–Crippen MR) is 45.1 cm³/mol. The minimum absolute atomic E-state index is 0.0404. The van der Waals surface area contributed by atoms with Gasteiger partial charge in [-0.25, -0.2) is 28.1 Å². The predicted octanol–water partition coefficient (Wildman–Crippen LogP) is 1.96. The molecule has 0 aliphatic heterocycles. The fourth-order valence-electron chi connectivity index (χ4n) is 1.08. The van der Waals surface area contributed by atoms with Crippen LogP contribution in [0.5, 0.6) is 0 Å². The average Bonchev–Trinajstić information content (AvgIpc) is 2.27. The lowest BCUT2D eigenvalue weighted by atomic mass is 10.2. The van der Waals surface area contributed by atoms with Crippen molar-refractivity contribution in [2.45, 2.75) is 0 Å². The lowest BCUT2D eigenvalue weighted by molar-refractivity contribution is 0.448. The Balaban J connectivity index is 2.60. The Bertz CT molecular complexity index is 487. The lowest BCUT2D eigenvalue weighted by Crippen LogP contribution is -1.97. The van der Waals surface area contributed by atoms with Gasteiger partial charge in [-0.05, 0) is 12.1 Å². The maximum absolute atomic E-state index is 13.2. The summed E-state index contributed by atoms with van der Waals surface area (Å²) in [5.74, 6) is -4.12. The number of rotatable bonds is 1. The zero-order valence-electron chi connectivity index (χ0n) is 7.28. The molecule has 6 heteroatoms. The van der Waals surface area contributed by atoms with Crippen LogP contribution in [0.25, 0.3) is 11.4 Å². The number of benzene rings is 1. The van der Waals surface area contributed by atoms with Crippen LogP contribution in [-0.2, 0) is 0 Å². The molecule has 0 bridgehead atoms. The maximum Gasteiger partial charge on any atom is 0.195 e. The minimum Gasteiger partial charge on any atom is -0.225 e. The second-order valence-corrected chi connectivity index (χ2v) is 2.68. The van der Waals surface area contributed by atoms with Crippen LogP contribution in [0.3, 0.4) is 0 Å². The van der Waals surface area contributed by atoms with Crippen molar-refractivity contribution in [1.82, 2.24) is 15.0 Å². The van der Waals surface area contributed by atoms with Crippen molar-refractivity contribution in [3.8, 4) is 11.4 Å². The SMILES string of the molecule is Fc1ccc(-c2ncncn2)c(F)c1F. The number of hydrogen-bond acceptors (Lipinski definition) is 3. The van der Waals surface area contributed by atoms with Crippen LogP contribution in [-0.4, -0.2) is 15.0 Å². The molecule has 1 aromatic carbocycles. The molecule has 3 nitrogen and oxygen atoms in total. The number of aromatic nitrogens is 3. The van der Waals surface area contributed by atoms with Gasteiger partial charge in [-0.3, -0.25) is 0 Å². The molecule has 0 fully saturated rings. The Morgan fingerprint density at radius 2 is 1.53 bits per heavy atom. The van der Waals surface area contributed by atoms with Crippen molar-refractivity contribution in [3.63, 3.8) is 0 Å². The van der Waals surface area contributed by atoms with Gasteiger partial charge in [0, 0.05) is 0 Å². The van der Waals surface area contributed by atoms with E-state index in [1.807, 2.05) is 0 Å². The van der Waals surface area contributed by atoms with Crippen molar-refractivity contribution in [1.29, 1.82) is 0 Å². The number of nitrogens with zero attached hydrogens (tertiary/aromatic N) is 3. The number of hydrogen-bond donors (Lipinski definition) is 0. The van der Waals surface area contributed by atoms with Crippen LogP contribution in [0, 0.1) is 17.5 Å². The second kappa shape index (κ2) is 3.64. The van der Waals surface area contributed by atoms with E-state index in [2.05, 4.69) is 15.0 Å². The van der Waals surface area contributed by atoms with Gasteiger partial charge in [0.2, 0.25) is 0 Å². The van der Waals surface area contributed by atoms with Crippen molar-refractivity contribution >= 4 is 0 Å². The molecular formula is C9H4F3N3. The van der Waals surface area contributed by atoms with Crippen LogP contribution in [0.4, 0.5) is 13.2 Å². The van der Waals surface area contributed by atoms with E-state index >= 15 is 0 Å². The summed E-state index contributed by atoms with van der Waals surface area (Å²) in [6.07, 6.45) is 2.28. The van der Waals surface area contributed by atoms with Gasteiger partial charge in [-0.1, -0.05) is 0 Å². The highest BCUT2D eigenvalue weighted by molar-refractivity contribution is 5.55. The second-order valence-electron chi connectivity index (χ2n) is 2.68. The molecule has 15 heavy (non-hydrogen) atoms. The molecule has 0 aliphatic carbocycles. The smallest absolute Gasteiger partial charge is 0.195 e. The van der Waals surface area contributed by atoms with Crippen LogP contribution in [0.15, 0.2) is 24.8 Å². The maximum atomic E-state index is 13.2. The summed E-state index contributed by atoms with van der Waals surface area (Å²) in [6.45, 7) is 0. The molecular weight excluding hydrogens is 207 g/mol. The van der Waals surface area contributed by atoms with Gasteiger partial charge in [-0.2, -0.15) is 0 Å². The zero-order chi connectivity index (χ0) is 10.8. The minimum atomic E-state index is -1.53. The van der Waals surface area contributed by atoms with E-state index in [1.54, 1.807) is 0 Å². The van der Waals surface area contributed by atoms with Gasteiger partial charge in [0.15, 0.2) is 23.3 Å². The van der Waals surface area contributed by atoms with Gasteiger partial charge in [-0.15, -0.1) is 0 Å². The van der Waals surface area contributed by atoms with E-state index in [-0.39, 0.29) is 11.4 Å². The first-order valence-electron chi connectivity index (χ1n) is 3.96. The Morgan fingerprint density at radius 3 is 2.20 bits per heavy atom. The van der Waals surface area contributed by atoms with Gasteiger partial charge in [0.25, 0.3) is 0 Å². The zero-order valence-corrected chi connectivity index (χ0v) is 7.28. The molecule has 76 valence electrons. The standard InChI is InChI=1S/C9H4F3N3/c10-6-2-1-5(7(11)8(6)12)9-14-3-13-4-15-9/h1-4H. The molecule has 0 amide bonds. The van der Waals surface area contributed by atoms with E-state index in [0.717, 1.165) is 24.8 Å². The highest BCUT2D eigenvalue weighted by Crippen LogP contribution is 2.22. The molecule has 0 aliphatic rings. The monoisotopic (exact) mass is 211 g/mol. The topological polar surface area (TPSA) is 38.7 Å². The fraction of sp³-hybridized carbons (Fsp3) is 0. The Hall–Kier alpha value is -1.98. The summed E-state index contributed by atoms with van der Waals surface area (Å²) < 4.78 is 38.7. The van der Waals surface area contributed by atoms with Crippen LogP contribution >= 0.6 is 0 Å². The molecule has 2 rings (SSSR count). The molecule has 1 heterocycles. The first kappa shape index (κ1) is 9.57. The van der Waals surface area contributed by atoms with Crippen LogP contribution in [0.1, 0.15) is 0 Å². The number of halogens is 3. The summed E-state index contributed by atoms with van der Waals surface area (Å²) >= 11 is 0. The Labute approximate surface area is 82.6 Å². The molecule has 0 atom stereocenters. The summed E-state index contributed by atoms with van der Waals surface area (Å²) in [5.41, 5.74) is -0.198. The first-order chi connectivity index (χ1) is 7.20. The fourth-order valence-corrected chi connectivity index (χ4v) is 1.08. The molecule has 0 N–H and O–H groups in total. The molecule has 2 aromatic rings. The summed E-state index contributed by atoms with van der Waals surface area (Å²) in [5, 5.41) is 0. The highest BCUT2D eigenvalue weighted by atomic mass is 19.2. The van der Waals surface area contributed by atoms with E-state index in [4.69, 9.17) is 0 Å². The quantitative estimate of drug-likeness (QED) is 0.677. The molecule has 0 unspecified atom stereocenters. The molecule has 0 saturated heterocycles. The molecule has 0 radical (unpaired) electrons. The first-order valence-corrected chi connectivity index (χ1v) is 3.96. The van der Waals surface area contributed by atoms with Crippen molar-refractivity contribution in [2.75, 3.05) is 0 Å². The largest absolute Gasteiger partial charge is 0.225 e. The highest BCUT2D eigenvalue weighted by Gasteiger charge is 2.15. The van der Waals surface area contributed by atoms with E-state index in [0.29, 0.717) is 0 Å². The molecule has 0 spiro atoms. The van der Waals surface area contributed by atoms with Gasteiger partial charge in [0.1, 0.15) is 12.7 Å².